The van der Waals surface area contributed by atoms with E-state index in [0.29, 0.717) is 6.54 Å². The number of aromatic nitrogens is 2. The molecule has 2 rings (SSSR count). The number of carboxylic acid groups (broad SMARTS) is 1. The van der Waals surface area contributed by atoms with E-state index in [2.05, 4.69) is 9.79 Å². The Morgan fingerprint density at radius 1 is 1.71 bits per heavy atom. The first-order valence-electron chi connectivity index (χ1n) is 4.09. The van der Waals surface area contributed by atoms with E-state index in [9.17, 15) is 9.59 Å². The van der Waals surface area contributed by atoms with Crippen molar-refractivity contribution in [1.82, 2.24) is 5.27 Å². The lowest BCUT2D eigenvalue weighted by Crippen LogP contribution is -2.53. The summed E-state index contributed by atoms with van der Waals surface area (Å²) in [6.45, 7) is 2.10. The number of nitrogens with one attached hydrogen (secondary N) is 1. The topological polar surface area (TPSA) is 96.4 Å². The number of fused-ring (bicyclic) bond motifs is 1. The molecular weight excluding hydrogens is 192 g/mol. The van der Waals surface area contributed by atoms with Crippen molar-refractivity contribution < 1.29 is 23.8 Å². The molecule has 0 aromatic carbocycles. The Hall–Kier alpha value is -1.63. The van der Waals surface area contributed by atoms with Crippen LogP contribution in [-0.4, -0.2) is 22.5 Å². The summed E-state index contributed by atoms with van der Waals surface area (Å²) in [5.74, 6) is -1.20. The van der Waals surface area contributed by atoms with Crippen LogP contribution in [0.4, 0.5) is 0 Å². The molecule has 0 amide bonds. The van der Waals surface area contributed by atoms with E-state index in [1.165, 1.54) is 4.68 Å². The van der Waals surface area contributed by atoms with Crippen molar-refractivity contribution >= 4 is 5.97 Å². The number of aliphatic carboxylic acids is 1. The van der Waals surface area contributed by atoms with Crippen molar-refractivity contribution in [2.24, 2.45) is 0 Å². The smallest absolute Gasteiger partial charge is 0.433 e. The van der Waals surface area contributed by atoms with E-state index in [1.54, 1.807) is 6.92 Å². The Balaban J connectivity index is 2.51. The zero-order valence-corrected chi connectivity index (χ0v) is 7.39. The number of carbonyl (C=O) groups is 1. The number of hydrogen-bond acceptors (Lipinski definition) is 4. The normalized spacial score (nSPS) is 25.8. The number of ether oxygens (including phenoxy) is 1. The van der Waals surface area contributed by atoms with Gasteiger partial charge in [-0.25, -0.2) is 9.59 Å². The van der Waals surface area contributed by atoms with Crippen LogP contribution >= 0.6 is 0 Å². The molecular formula is C7H9N2O5+. The third kappa shape index (κ3) is 1.22. The van der Waals surface area contributed by atoms with Crippen LogP contribution in [0.3, 0.4) is 0 Å². The van der Waals surface area contributed by atoms with Gasteiger partial charge in [0.05, 0.1) is 0 Å². The van der Waals surface area contributed by atoms with Crippen molar-refractivity contribution in [3.05, 3.63) is 16.1 Å². The minimum atomic E-state index is -1.25. The first kappa shape index (κ1) is 8.95. The van der Waals surface area contributed by atoms with Gasteiger partial charge in [-0.15, -0.1) is 0 Å². The molecule has 0 unspecified atom stereocenters. The van der Waals surface area contributed by atoms with Crippen LogP contribution in [0.1, 0.15) is 18.7 Å². The second-order valence-corrected chi connectivity index (χ2v) is 3.14. The number of H-pyrrole nitrogens is 1. The molecule has 0 radical (unpaired) electrons. The molecule has 0 saturated heterocycles. The van der Waals surface area contributed by atoms with E-state index in [-0.39, 0.29) is 11.8 Å². The van der Waals surface area contributed by atoms with Gasteiger partial charge in [0.2, 0.25) is 12.6 Å². The fourth-order valence-corrected chi connectivity index (χ4v) is 1.46. The van der Waals surface area contributed by atoms with Gasteiger partial charge in [-0.05, 0) is 12.2 Å². The fourth-order valence-electron chi connectivity index (χ4n) is 1.46. The lowest BCUT2D eigenvalue weighted by atomic mass is 10.2. The van der Waals surface area contributed by atoms with Gasteiger partial charge in [-0.3, -0.25) is 4.52 Å². The van der Waals surface area contributed by atoms with Crippen LogP contribution in [0.15, 0.2) is 9.32 Å². The largest absolute Gasteiger partial charge is 0.479 e. The van der Waals surface area contributed by atoms with Gasteiger partial charge < -0.3 is 9.84 Å². The quantitative estimate of drug-likeness (QED) is 0.556. The Kier molecular flexibility index (Phi) is 1.88. The molecule has 2 heterocycles. The molecule has 0 spiro atoms. The summed E-state index contributed by atoms with van der Waals surface area (Å²) in [6, 6.07) is 0. The second kappa shape index (κ2) is 2.95. The molecule has 0 saturated carbocycles. The first-order valence-corrected chi connectivity index (χ1v) is 4.09. The number of carboxylic acids is 1. The van der Waals surface area contributed by atoms with Crippen LogP contribution in [0.5, 0.6) is 0 Å². The molecule has 76 valence electrons. The average Bonchev–Trinajstić information content (AvgIpc) is 2.46. The molecule has 7 heteroatoms. The van der Waals surface area contributed by atoms with Crippen LogP contribution in [0, 0.1) is 0 Å². The fraction of sp³-hybridized carbons (Fsp3) is 0.571. The monoisotopic (exact) mass is 201 g/mol. The highest BCUT2D eigenvalue weighted by atomic mass is 16.5. The Labute approximate surface area is 77.8 Å². The predicted octanol–water partition coefficient (Wildman–Crippen LogP) is -1.20. The maximum absolute atomic E-state index is 11.1. The third-order valence-electron chi connectivity index (χ3n) is 2.03. The predicted molar refractivity (Wildman–Crippen MR) is 40.4 cm³/mol. The lowest BCUT2D eigenvalue weighted by molar-refractivity contribution is -0.784. The van der Waals surface area contributed by atoms with Crippen molar-refractivity contribution in [2.45, 2.75) is 25.7 Å². The van der Waals surface area contributed by atoms with E-state index in [1.807, 2.05) is 0 Å². The molecule has 1 aromatic rings. The van der Waals surface area contributed by atoms with Crippen LogP contribution in [0.2, 0.25) is 0 Å². The highest BCUT2D eigenvalue weighted by Crippen LogP contribution is 2.17. The highest BCUT2D eigenvalue weighted by molar-refractivity contribution is 5.73. The standard InChI is InChI=1S/C7H8N2O5/c1-3-2-9-4(7(12)14-8-9)5(13-3)6(10)11/h3,5H,2H2,1H3,(H-,8,10,11,12)/p+1/t3-,5-/m0/s1. The van der Waals surface area contributed by atoms with Gasteiger partial charge in [-0.1, -0.05) is 4.68 Å². The summed E-state index contributed by atoms with van der Waals surface area (Å²) >= 11 is 0. The van der Waals surface area contributed by atoms with Crippen molar-refractivity contribution in [3.63, 3.8) is 0 Å². The SMILES string of the molecule is C[C@H]1C[n+]2[nH]oc(=O)c2[C@@H](C(=O)O)O1. The molecule has 0 fully saturated rings. The van der Waals surface area contributed by atoms with E-state index >= 15 is 0 Å². The van der Waals surface area contributed by atoms with Gasteiger partial charge in [-0.2, -0.15) is 0 Å². The maximum atomic E-state index is 11.1. The van der Waals surface area contributed by atoms with Gasteiger partial charge in [0.1, 0.15) is 6.10 Å². The summed E-state index contributed by atoms with van der Waals surface area (Å²) in [7, 11) is 0. The first-order chi connectivity index (χ1) is 6.59. The zero-order chi connectivity index (χ0) is 10.3. The van der Waals surface area contributed by atoms with Gasteiger partial charge in [0.15, 0.2) is 0 Å². The van der Waals surface area contributed by atoms with Crippen LogP contribution < -0.4 is 10.3 Å². The van der Waals surface area contributed by atoms with Gasteiger partial charge >= 0.3 is 17.3 Å². The highest BCUT2D eigenvalue weighted by Gasteiger charge is 2.42. The Morgan fingerprint density at radius 2 is 2.43 bits per heavy atom. The average molecular weight is 201 g/mol. The molecule has 1 aliphatic rings. The number of hydrogen-bond donors (Lipinski definition) is 2. The molecule has 2 N–H and O–H groups in total. The summed E-state index contributed by atoms with van der Waals surface area (Å²) < 4.78 is 11.0. The van der Waals surface area contributed by atoms with Gasteiger partial charge in [0, 0.05) is 0 Å². The zero-order valence-electron chi connectivity index (χ0n) is 7.39. The third-order valence-corrected chi connectivity index (χ3v) is 2.03. The summed E-state index contributed by atoms with van der Waals surface area (Å²) in [5.41, 5.74) is -0.708. The number of aromatic amines is 1. The molecule has 7 nitrogen and oxygen atoms in total. The Bertz CT molecular complexity index is 420. The summed E-state index contributed by atoms with van der Waals surface area (Å²) in [5, 5.41) is 11.1. The number of nitrogens with zero attached hydrogens (tertiary/aromatic N) is 1. The van der Waals surface area contributed by atoms with E-state index in [4.69, 9.17) is 9.84 Å². The van der Waals surface area contributed by atoms with E-state index < -0.39 is 17.7 Å². The van der Waals surface area contributed by atoms with Gasteiger partial charge in [0.25, 0.3) is 0 Å². The molecule has 0 aliphatic carbocycles. The molecule has 2 atom stereocenters. The van der Waals surface area contributed by atoms with Crippen LogP contribution in [0.25, 0.3) is 0 Å². The molecule has 1 aromatic heterocycles. The minimum Gasteiger partial charge on any atom is -0.479 e. The maximum Gasteiger partial charge on any atom is 0.433 e. The van der Waals surface area contributed by atoms with E-state index in [0.717, 1.165) is 0 Å². The van der Waals surface area contributed by atoms with Crippen molar-refractivity contribution in [1.29, 1.82) is 0 Å². The Morgan fingerprint density at radius 3 is 3.07 bits per heavy atom. The molecule has 0 bridgehead atoms. The summed E-state index contributed by atoms with van der Waals surface area (Å²) in [4.78, 5) is 21.9. The minimum absolute atomic E-state index is 0.00407. The lowest BCUT2D eigenvalue weighted by Gasteiger charge is -2.17. The van der Waals surface area contributed by atoms with Crippen molar-refractivity contribution in [2.75, 3.05) is 0 Å². The van der Waals surface area contributed by atoms with Crippen LogP contribution in [-0.2, 0) is 16.1 Å². The molecule has 1 aliphatic heterocycles. The molecule has 14 heavy (non-hydrogen) atoms. The summed E-state index contributed by atoms with van der Waals surface area (Å²) in [6.07, 6.45) is -1.52. The van der Waals surface area contributed by atoms with Crippen molar-refractivity contribution in [3.8, 4) is 0 Å². The second-order valence-electron chi connectivity index (χ2n) is 3.14. The number of rotatable bonds is 1.